The lowest BCUT2D eigenvalue weighted by atomic mass is 10.2. The van der Waals surface area contributed by atoms with Crippen LogP contribution in [0.2, 0.25) is 0 Å². The molecule has 0 spiro atoms. The molecule has 0 radical (unpaired) electrons. The third-order valence-corrected chi connectivity index (χ3v) is 3.47. The van der Waals surface area contributed by atoms with Gasteiger partial charge in [-0.2, -0.15) is 0 Å². The second-order valence-corrected chi connectivity index (χ2v) is 5.44. The summed E-state index contributed by atoms with van der Waals surface area (Å²) in [5.74, 6) is -0.223. The van der Waals surface area contributed by atoms with E-state index in [0.717, 1.165) is 38.5 Å². The van der Waals surface area contributed by atoms with Gasteiger partial charge in [-0.15, -0.1) is 0 Å². The van der Waals surface area contributed by atoms with Crippen molar-refractivity contribution in [2.45, 2.75) is 77.0 Å². The van der Waals surface area contributed by atoms with Gasteiger partial charge in [-0.25, -0.2) is 4.79 Å². The summed E-state index contributed by atoms with van der Waals surface area (Å²) >= 11 is 0. The average molecular weight is 301 g/mol. The molecule has 0 aromatic heterocycles. The molecule has 1 amide bonds. The maximum absolute atomic E-state index is 11.6. The summed E-state index contributed by atoms with van der Waals surface area (Å²) in [6.45, 7) is 2.35. The Morgan fingerprint density at radius 1 is 1.29 bits per heavy atom. The zero-order chi connectivity index (χ0) is 15.5. The van der Waals surface area contributed by atoms with E-state index < -0.39 is 12.3 Å². The Balaban J connectivity index is 2.02. The number of alkyl carbamates (subject to hydrolysis) is 1. The Kier molecular flexibility index (Phi) is 8.82. The van der Waals surface area contributed by atoms with Gasteiger partial charge in [0.05, 0.1) is 6.61 Å². The number of amides is 1. The molecule has 1 rings (SSSR count). The number of hydrogen-bond acceptors (Lipinski definition) is 5. The number of esters is 1. The zero-order valence-electron chi connectivity index (χ0n) is 12.8. The van der Waals surface area contributed by atoms with Crippen LogP contribution < -0.4 is 5.32 Å². The molecule has 1 atom stereocenters. The van der Waals surface area contributed by atoms with Gasteiger partial charge in [0, 0.05) is 6.42 Å². The minimum Gasteiger partial charge on any atom is -0.462 e. The fraction of sp³-hybridized carbons (Fsp3) is 0.867. The maximum atomic E-state index is 11.6. The maximum Gasteiger partial charge on any atom is 0.409 e. The van der Waals surface area contributed by atoms with Crippen LogP contribution in [0.5, 0.6) is 0 Å². The van der Waals surface area contributed by atoms with Crippen molar-refractivity contribution in [3.63, 3.8) is 0 Å². The summed E-state index contributed by atoms with van der Waals surface area (Å²) in [4.78, 5) is 22.8. The van der Waals surface area contributed by atoms with E-state index in [1.165, 1.54) is 0 Å². The fourth-order valence-electron chi connectivity index (χ4n) is 2.25. The van der Waals surface area contributed by atoms with Crippen LogP contribution in [0.25, 0.3) is 0 Å². The number of unbranched alkanes of at least 4 members (excludes halogenated alkanes) is 1. The molecule has 1 aliphatic rings. The number of carbonyl (C=O) groups is 2. The minimum absolute atomic E-state index is 0.0779. The molecule has 0 aromatic rings. The van der Waals surface area contributed by atoms with Crippen molar-refractivity contribution >= 4 is 12.1 Å². The molecular weight excluding hydrogens is 274 g/mol. The topological polar surface area (TPSA) is 84.9 Å². The van der Waals surface area contributed by atoms with E-state index in [-0.39, 0.29) is 18.5 Å². The van der Waals surface area contributed by atoms with Crippen molar-refractivity contribution in [2.24, 2.45) is 0 Å². The summed E-state index contributed by atoms with van der Waals surface area (Å²) in [5.41, 5.74) is 0. The molecule has 0 bridgehead atoms. The Bertz CT molecular complexity index is 315. The number of aliphatic hydroxyl groups is 1. The number of ether oxygens (including phenoxy) is 2. The van der Waals surface area contributed by atoms with Crippen LogP contribution in [0.3, 0.4) is 0 Å². The van der Waals surface area contributed by atoms with E-state index in [0.29, 0.717) is 19.4 Å². The molecule has 0 aliphatic heterocycles. The van der Waals surface area contributed by atoms with E-state index in [1.54, 1.807) is 0 Å². The minimum atomic E-state index is -0.988. The van der Waals surface area contributed by atoms with E-state index >= 15 is 0 Å². The molecule has 1 aliphatic carbocycles. The van der Waals surface area contributed by atoms with Gasteiger partial charge in [-0.1, -0.05) is 13.3 Å². The van der Waals surface area contributed by atoms with Crippen molar-refractivity contribution in [1.82, 2.24) is 5.32 Å². The smallest absolute Gasteiger partial charge is 0.409 e. The van der Waals surface area contributed by atoms with Gasteiger partial charge in [0.25, 0.3) is 0 Å². The molecule has 0 aromatic carbocycles. The molecule has 6 nitrogen and oxygen atoms in total. The first kappa shape index (κ1) is 17.8. The van der Waals surface area contributed by atoms with Crippen molar-refractivity contribution in [3.05, 3.63) is 0 Å². The van der Waals surface area contributed by atoms with Crippen LogP contribution in [0.15, 0.2) is 0 Å². The van der Waals surface area contributed by atoms with E-state index in [9.17, 15) is 14.7 Å². The summed E-state index contributed by atoms with van der Waals surface area (Å²) in [5, 5.41) is 11.9. The Hall–Kier alpha value is -1.30. The molecule has 1 saturated carbocycles. The predicted molar refractivity (Wildman–Crippen MR) is 77.6 cm³/mol. The second-order valence-electron chi connectivity index (χ2n) is 5.44. The van der Waals surface area contributed by atoms with Crippen molar-refractivity contribution in [2.75, 3.05) is 6.61 Å². The highest BCUT2D eigenvalue weighted by atomic mass is 16.6. The number of hydrogen-bond donors (Lipinski definition) is 2. The van der Waals surface area contributed by atoms with Crippen molar-refractivity contribution in [3.8, 4) is 0 Å². The molecular formula is C15H27NO5. The van der Waals surface area contributed by atoms with Crippen LogP contribution in [0.4, 0.5) is 4.79 Å². The van der Waals surface area contributed by atoms with Crippen LogP contribution >= 0.6 is 0 Å². The first-order chi connectivity index (χ1) is 10.1. The van der Waals surface area contributed by atoms with Gasteiger partial charge in [0.1, 0.15) is 12.3 Å². The Morgan fingerprint density at radius 3 is 2.67 bits per heavy atom. The van der Waals surface area contributed by atoms with Crippen LogP contribution in [0.1, 0.15) is 64.7 Å². The van der Waals surface area contributed by atoms with E-state index in [2.05, 4.69) is 5.32 Å². The standard InChI is InChI=1S/C15H27NO5/c1-2-3-11-20-15(19)16-13(17)9-6-10-14(18)21-12-7-4-5-8-12/h12-13,17H,2-11H2,1H3,(H,16,19). The molecule has 122 valence electrons. The fourth-order valence-corrected chi connectivity index (χ4v) is 2.25. The molecule has 0 saturated heterocycles. The summed E-state index contributed by atoms with van der Waals surface area (Å²) in [7, 11) is 0. The second kappa shape index (κ2) is 10.4. The normalized spacial score (nSPS) is 16.5. The van der Waals surface area contributed by atoms with Crippen molar-refractivity contribution in [1.29, 1.82) is 0 Å². The monoisotopic (exact) mass is 301 g/mol. The lowest BCUT2D eigenvalue weighted by Gasteiger charge is -2.14. The Morgan fingerprint density at radius 2 is 2.00 bits per heavy atom. The Labute approximate surface area is 126 Å². The first-order valence-electron chi connectivity index (χ1n) is 7.92. The third kappa shape index (κ3) is 8.55. The number of aliphatic hydroxyl groups excluding tert-OH is 1. The van der Waals surface area contributed by atoms with E-state index in [1.807, 2.05) is 6.92 Å². The molecule has 2 N–H and O–H groups in total. The average Bonchev–Trinajstić information content (AvgIpc) is 2.91. The predicted octanol–water partition coefficient (Wildman–Crippen LogP) is 2.49. The van der Waals surface area contributed by atoms with Crippen LogP contribution in [0, 0.1) is 0 Å². The summed E-state index contributed by atoms with van der Waals surface area (Å²) in [6, 6.07) is 0. The lowest BCUT2D eigenvalue weighted by molar-refractivity contribution is -0.148. The van der Waals surface area contributed by atoms with Gasteiger partial charge >= 0.3 is 12.1 Å². The largest absolute Gasteiger partial charge is 0.462 e. The molecule has 1 fully saturated rings. The number of rotatable bonds is 9. The van der Waals surface area contributed by atoms with Gasteiger partial charge in [0.15, 0.2) is 0 Å². The summed E-state index contributed by atoms with van der Waals surface area (Å²) < 4.78 is 10.2. The quantitative estimate of drug-likeness (QED) is 0.388. The number of nitrogens with one attached hydrogen (secondary N) is 1. The highest BCUT2D eigenvalue weighted by Crippen LogP contribution is 2.21. The first-order valence-corrected chi connectivity index (χ1v) is 7.92. The van der Waals surface area contributed by atoms with E-state index in [4.69, 9.17) is 9.47 Å². The molecule has 6 heteroatoms. The molecule has 1 unspecified atom stereocenters. The SMILES string of the molecule is CCCCOC(=O)NC(O)CCCC(=O)OC1CCCC1. The summed E-state index contributed by atoms with van der Waals surface area (Å²) in [6.07, 6.45) is 5.43. The van der Waals surface area contributed by atoms with Crippen LogP contribution in [-0.2, 0) is 14.3 Å². The van der Waals surface area contributed by atoms with Gasteiger partial charge in [-0.3, -0.25) is 10.1 Å². The molecule has 21 heavy (non-hydrogen) atoms. The zero-order valence-corrected chi connectivity index (χ0v) is 12.8. The van der Waals surface area contributed by atoms with Gasteiger partial charge < -0.3 is 14.6 Å². The lowest BCUT2D eigenvalue weighted by Crippen LogP contribution is -2.35. The molecule has 0 heterocycles. The third-order valence-electron chi connectivity index (χ3n) is 3.47. The van der Waals surface area contributed by atoms with Crippen LogP contribution in [-0.4, -0.2) is 36.1 Å². The van der Waals surface area contributed by atoms with Crippen molar-refractivity contribution < 1.29 is 24.2 Å². The highest BCUT2D eigenvalue weighted by Gasteiger charge is 2.19. The number of carbonyl (C=O) groups excluding carboxylic acids is 2. The van der Waals surface area contributed by atoms with Gasteiger partial charge in [0.2, 0.25) is 0 Å². The van der Waals surface area contributed by atoms with Gasteiger partial charge in [-0.05, 0) is 44.9 Å². The highest BCUT2D eigenvalue weighted by molar-refractivity contribution is 5.69.